The van der Waals surface area contributed by atoms with Crippen LogP contribution < -0.4 is 5.32 Å². The Bertz CT molecular complexity index is 365. The maximum Gasteiger partial charge on any atom is 0.0449 e. The second kappa shape index (κ2) is 6.77. The van der Waals surface area contributed by atoms with Gasteiger partial charge in [0, 0.05) is 21.6 Å². The largest absolute Gasteiger partial charge is 0.312 e. The highest BCUT2D eigenvalue weighted by atomic mass is 79.9. The van der Waals surface area contributed by atoms with Crippen LogP contribution in [0.25, 0.3) is 0 Å². The fourth-order valence-electron chi connectivity index (χ4n) is 1.90. The van der Waals surface area contributed by atoms with Crippen LogP contribution in [0.1, 0.15) is 33.3 Å². The van der Waals surface area contributed by atoms with Crippen molar-refractivity contribution < 1.29 is 0 Å². The fourth-order valence-corrected chi connectivity index (χ4v) is 2.65. The molecule has 1 nitrogen and oxygen atoms in total. The van der Waals surface area contributed by atoms with Crippen molar-refractivity contribution in [3.05, 3.63) is 33.3 Å². The molecule has 1 aromatic carbocycles. The molecule has 0 radical (unpaired) electrons. The smallest absolute Gasteiger partial charge is 0.0449 e. The summed E-state index contributed by atoms with van der Waals surface area (Å²) in [4.78, 5) is 0. The van der Waals surface area contributed by atoms with Crippen LogP contribution in [-0.4, -0.2) is 12.1 Å². The molecular weight excluding hydrogens is 298 g/mol. The molecule has 0 aliphatic heterocycles. The molecule has 0 saturated heterocycles. The third-order valence-electron chi connectivity index (χ3n) is 3.01. The van der Waals surface area contributed by atoms with Gasteiger partial charge in [-0.05, 0) is 37.0 Å². The van der Waals surface area contributed by atoms with Crippen molar-refractivity contribution in [2.45, 2.75) is 46.2 Å². The van der Waals surface area contributed by atoms with Crippen molar-refractivity contribution in [1.82, 2.24) is 5.32 Å². The molecule has 0 saturated carbocycles. The zero-order chi connectivity index (χ0) is 13.0. The molecular formula is C14H21BrClN. The summed E-state index contributed by atoms with van der Waals surface area (Å²) in [7, 11) is 0. The zero-order valence-corrected chi connectivity index (χ0v) is 13.3. The number of benzene rings is 1. The van der Waals surface area contributed by atoms with E-state index in [2.05, 4.69) is 61.1 Å². The minimum Gasteiger partial charge on any atom is -0.312 e. The summed E-state index contributed by atoms with van der Waals surface area (Å²) in [5.74, 6) is 0.566. The standard InChI is InChI=1S/C14H21BrClN/c1-9(2)17-11(4)10(3)7-12-5-6-13(15)8-14(12)16/h5-6,8-11,17H,7H2,1-4H3. The maximum atomic E-state index is 6.23. The van der Waals surface area contributed by atoms with Gasteiger partial charge >= 0.3 is 0 Å². The van der Waals surface area contributed by atoms with Gasteiger partial charge in [-0.2, -0.15) is 0 Å². The van der Waals surface area contributed by atoms with Crippen molar-refractivity contribution in [2.75, 3.05) is 0 Å². The lowest BCUT2D eigenvalue weighted by atomic mass is 9.94. The van der Waals surface area contributed by atoms with E-state index in [9.17, 15) is 0 Å². The molecule has 3 heteroatoms. The summed E-state index contributed by atoms with van der Waals surface area (Å²) >= 11 is 9.66. The van der Waals surface area contributed by atoms with Crippen LogP contribution in [0.4, 0.5) is 0 Å². The van der Waals surface area contributed by atoms with E-state index in [4.69, 9.17) is 11.6 Å². The van der Waals surface area contributed by atoms with E-state index < -0.39 is 0 Å². The highest BCUT2D eigenvalue weighted by Crippen LogP contribution is 2.24. The van der Waals surface area contributed by atoms with Gasteiger partial charge in [-0.1, -0.05) is 54.4 Å². The lowest BCUT2D eigenvalue weighted by Gasteiger charge is -2.24. The van der Waals surface area contributed by atoms with E-state index in [1.807, 2.05) is 6.07 Å². The lowest BCUT2D eigenvalue weighted by molar-refractivity contribution is 0.372. The predicted molar refractivity (Wildman–Crippen MR) is 79.8 cm³/mol. The number of halogens is 2. The lowest BCUT2D eigenvalue weighted by Crippen LogP contribution is -2.37. The first kappa shape index (κ1) is 15.0. The molecule has 0 bridgehead atoms. The molecule has 0 heterocycles. The Labute approximate surface area is 118 Å². The Morgan fingerprint density at radius 2 is 1.88 bits per heavy atom. The van der Waals surface area contributed by atoms with Crippen molar-refractivity contribution in [2.24, 2.45) is 5.92 Å². The third-order valence-corrected chi connectivity index (χ3v) is 3.85. The average Bonchev–Trinajstić information content (AvgIpc) is 2.21. The van der Waals surface area contributed by atoms with Crippen LogP contribution in [0.2, 0.25) is 5.02 Å². The first-order valence-corrected chi connectivity index (χ1v) is 7.27. The SMILES string of the molecule is CC(C)NC(C)C(C)Cc1ccc(Br)cc1Cl. The molecule has 1 rings (SSSR count). The van der Waals surface area contributed by atoms with E-state index in [1.165, 1.54) is 5.56 Å². The predicted octanol–water partition coefficient (Wildman–Crippen LogP) is 4.67. The summed E-state index contributed by atoms with van der Waals surface area (Å²) < 4.78 is 1.03. The van der Waals surface area contributed by atoms with Crippen molar-refractivity contribution >= 4 is 27.5 Å². The monoisotopic (exact) mass is 317 g/mol. The minimum atomic E-state index is 0.495. The van der Waals surface area contributed by atoms with Gasteiger partial charge < -0.3 is 5.32 Å². The number of rotatable bonds is 5. The third kappa shape index (κ3) is 4.99. The van der Waals surface area contributed by atoms with E-state index in [0.29, 0.717) is 18.0 Å². The van der Waals surface area contributed by atoms with E-state index in [-0.39, 0.29) is 0 Å². The van der Waals surface area contributed by atoms with Gasteiger partial charge in [0.05, 0.1) is 0 Å². The molecule has 0 aromatic heterocycles. The van der Waals surface area contributed by atoms with E-state index in [0.717, 1.165) is 15.9 Å². The number of hydrogen-bond acceptors (Lipinski definition) is 1. The molecule has 0 spiro atoms. The van der Waals surface area contributed by atoms with Crippen LogP contribution >= 0.6 is 27.5 Å². The summed E-state index contributed by atoms with van der Waals surface area (Å²) in [6, 6.07) is 7.13. The quantitative estimate of drug-likeness (QED) is 0.832. The van der Waals surface area contributed by atoms with Crippen molar-refractivity contribution in [3.8, 4) is 0 Å². The molecule has 0 aliphatic carbocycles. The first-order chi connectivity index (χ1) is 7.90. The van der Waals surface area contributed by atoms with Crippen LogP contribution in [0.15, 0.2) is 22.7 Å². The van der Waals surface area contributed by atoms with Gasteiger partial charge in [-0.25, -0.2) is 0 Å². The average molecular weight is 319 g/mol. The second-order valence-electron chi connectivity index (χ2n) is 5.03. The summed E-state index contributed by atoms with van der Waals surface area (Å²) in [6.07, 6.45) is 1.01. The molecule has 1 N–H and O–H groups in total. The zero-order valence-electron chi connectivity index (χ0n) is 10.9. The first-order valence-electron chi connectivity index (χ1n) is 6.10. The van der Waals surface area contributed by atoms with Gasteiger partial charge in [0.1, 0.15) is 0 Å². The normalized spacial score (nSPS) is 15.0. The molecule has 96 valence electrons. The Hall–Kier alpha value is -0.0500. The Morgan fingerprint density at radius 3 is 2.41 bits per heavy atom. The summed E-state index contributed by atoms with van der Waals surface area (Å²) in [5.41, 5.74) is 1.22. The summed E-state index contributed by atoms with van der Waals surface area (Å²) in [6.45, 7) is 8.85. The van der Waals surface area contributed by atoms with Gasteiger partial charge in [0.2, 0.25) is 0 Å². The topological polar surface area (TPSA) is 12.0 Å². The maximum absolute atomic E-state index is 6.23. The van der Waals surface area contributed by atoms with E-state index >= 15 is 0 Å². The second-order valence-corrected chi connectivity index (χ2v) is 6.35. The minimum absolute atomic E-state index is 0.495. The van der Waals surface area contributed by atoms with Crippen molar-refractivity contribution in [1.29, 1.82) is 0 Å². The fraction of sp³-hybridized carbons (Fsp3) is 0.571. The van der Waals surface area contributed by atoms with Gasteiger partial charge in [-0.3, -0.25) is 0 Å². The molecule has 0 aliphatic rings. The van der Waals surface area contributed by atoms with Crippen LogP contribution in [-0.2, 0) is 6.42 Å². The molecule has 2 unspecified atom stereocenters. The van der Waals surface area contributed by atoms with Crippen LogP contribution in [0.3, 0.4) is 0 Å². The number of nitrogens with one attached hydrogen (secondary N) is 1. The van der Waals surface area contributed by atoms with E-state index in [1.54, 1.807) is 0 Å². The van der Waals surface area contributed by atoms with Gasteiger partial charge in [-0.15, -0.1) is 0 Å². The molecule has 1 aromatic rings. The van der Waals surface area contributed by atoms with Crippen LogP contribution in [0, 0.1) is 5.92 Å². The Morgan fingerprint density at radius 1 is 1.24 bits per heavy atom. The highest BCUT2D eigenvalue weighted by molar-refractivity contribution is 9.10. The molecule has 0 fully saturated rings. The van der Waals surface area contributed by atoms with Gasteiger partial charge in [0.25, 0.3) is 0 Å². The van der Waals surface area contributed by atoms with Crippen LogP contribution in [0.5, 0.6) is 0 Å². The Kier molecular flexibility index (Phi) is 5.98. The highest BCUT2D eigenvalue weighted by Gasteiger charge is 2.14. The molecule has 0 amide bonds. The number of hydrogen-bond donors (Lipinski definition) is 1. The van der Waals surface area contributed by atoms with Gasteiger partial charge in [0.15, 0.2) is 0 Å². The Balaban J connectivity index is 2.64. The van der Waals surface area contributed by atoms with Crippen molar-refractivity contribution in [3.63, 3.8) is 0 Å². The molecule has 2 atom stereocenters. The summed E-state index contributed by atoms with van der Waals surface area (Å²) in [5, 5.41) is 4.39. The molecule has 17 heavy (non-hydrogen) atoms.